The molecule has 2 amide bonds. The van der Waals surface area contributed by atoms with Crippen LogP contribution < -0.4 is 10.6 Å². The van der Waals surface area contributed by atoms with Gasteiger partial charge in [0.2, 0.25) is 0 Å². The Morgan fingerprint density at radius 3 is 2.33 bits per heavy atom. The Kier molecular flexibility index (Phi) is 6.74. The summed E-state index contributed by atoms with van der Waals surface area (Å²) in [4.78, 5) is 24.3. The van der Waals surface area contributed by atoms with Crippen molar-refractivity contribution in [3.05, 3.63) is 63.2 Å². The van der Waals surface area contributed by atoms with E-state index in [-0.39, 0.29) is 24.5 Å². The molecular weight excluding hydrogens is 419 g/mol. The van der Waals surface area contributed by atoms with Crippen LogP contribution in [0.3, 0.4) is 0 Å². The minimum Gasteiger partial charge on any atom is -0.394 e. The summed E-state index contributed by atoms with van der Waals surface area (Å²) < 4.78 is 0.873. The van der Waals surface area contributed by atoms with Crippen molar-refractivity contribution < 1.29 is 14.7 Å². The van der Waals surface area contributed by atoms with Crippen LogP contribution >= 0.6 is 22.6 Å². The predicted octanol–water partition coefficient (Wildman–Crippen LogP) is 3.04. The van der Waals surface area contributed by atoms with Crippen molar-refractivity contribution in [2.75, 3.05) is 11.9 Å². The second-order valence-electron chi connectivity index (χ2n) is 5.27. The molecule has 6 heteroatoms. The zero-order chi connectivity index (χ0) is 17.5. The van der Waals surface area contributed by atoms with Gasteiger partial charge >= 0.3 is 0 Å². The maximum absolute atomic E-state index is 12.3. The van der Waals surface area contributed by atoms with Gasteiger partial charge in [0.1, 0.15) is 0 Å². The summed E-state index contributed by atoms with van der Waals surface area (Å²) in [5.74, 6) is -0.435. The van der Waals surface area contributed by atoms with Crippen LogP contribution in [0.2, 0.25) is 0 Å². The quantitative estimate of drug-likeness (QED) is 0.607. The molecule has 24 heavy (non-hydrogen) atoms. The van der Waals surface area contributed by atoms with E-state index in [0.29, 0.717) is 23.2 Å². The van der Waals surface area contributed by atoms with E-state index in [1.165, 1.54) is 0 Å². The first kappa shape index (κ1) is 18.4. The smallest absolute Gasteiger partial charge is 0.256 e. The fourth-order valence-corrected chi connectivity index (χ4v) is 2.73. The molecule has 0 radical (unpaired) electrons. The standard InChI is InChI=1S/C18H19IN2O3/c1-2-13(11-22)20-17(23)12-7-9-14(10-8-12)21-18(24)15-5-3-4-6-16(15)19/h3-10,13,22H,2,11H2,1H3,(H,20,23)(H,21,24). The number of anilines is 1. The Morgan fingerprint density at radius 1 is 1.08 bits per heavy atom. The van der Waals surface area contributed by atoms with Crippen LogP contribution in [0.1, 0.15) is 34.1 Å². The van der Waals surface area contributed by atoms with Crippen LogP contribution in [0.25, 0.3) is 0 Å². The Bertz CT molecular complexity index is 712. The van der Waals surface area contributed by atoms with E-state index < -0.39 is 0 Å². The molecule has 0 saturated heterocycles. The number of carbonyl (C=O) groups is 2. The third kappa shape index (κ3) is 4.78. The van der Waals surface area contributed by atoms with Gasteiger partial charge in [-0.2, -0.15) is 0 Å². The maximum Gasteiger partial charge on any atom is 0.256 e. The van der Waals surface area contributed by atoms with Gasteiger partial charge in [0.05, 0.1) is 18.2 Å². The Hall–Kier alpha value is -1.93. The van der Waals surface area contributed by atoms with Crippen LogP contribution in [0.4, 0.5) is 5.69 Å². The lowest BCUT2D eigenvalue weighted by molar-refractivity contribution is 0.0914. The minimum atomic E-state index is -0.253. The number of aliphatic hydroxyl groups excluding tert-OH is 1. The largest absolute Gasteiger partial charge is 0.394 e. The highest BCUT2D eigenvalue weighted by atomic mass is 127. The number of amides is 2. The summed E-state index contributed by atoms with van der Waals surface area (Å²) in [6.07, 6.45) is 0.659. The van der Waals surface area contributed by atoms with Gasteiger partial charge in [-0.05, 0) is 65.4 Å². The summed E-state index contributed by atoms with van der Waals surface area (Å²) in [6.45, 7) is 1.80. The van der Waals surface area contributed by atoms with Crippen LogP contribution in [-0.2, 0) is 0 Å². The van der Waals surface area contributed by atoms with E-state index in [4.69, 9.17) is 5.11 Å². The molecular formula is C18H19IN2O3. The number of nitrogens with one attached hydrogen (secondary N) is 2. The van der Waals surface area contributed by atoms with E-state index >= 15 is 0 Å². The first-order valence-corrected chi connectivity index (χ1v) is 8.70. The lowest BCUT2D eigenvalue weighted by Crippen LogP contribution is -2.36. The fourth-order valence-electron chi connectivity index (χ4n) is 2.09. The lowest BCUT2D eigenvalue weighted by Gasteiger charge is -2.14. The first-order chi connectivity index (χ1) is 11.5. The molecule has 1 unspecified atom stereocenters. The monoisotopic (exact) mass is 438 g/mol. The van der Waals surface area contributed by atoms with Gasteiger partial charge < -0.3 is 15.7 Å². The number of aliphatic hydroxyl groups is 1. The lowest BCUT2D eigenvalue weighted by atomic mass is 10.1. The van der Waals surface area contributed by atoms with Crippen molar-refractivity contribution in [2.24, 2.45) is 0 Å². The molecule has 0 fully saturated rings. The molecule has 0 bridgehead atoms. The van der Waals surface area contributed by atoms with Crippen molar-refractivity contribution in [1.82, 2.24) is 5.32 Å². The normalized spacial score (nSPS) is 11.6. The molecule has 0 aliphatic heterocycles. The Labute approximate surface area is 154 Å². The SMILES string of the molecule is CCC(CO)NC(=O)c1ccc(NC(=O)c2ccccc2I)cc1. The zero-order valence-electron chi connectivity index (χ0n) is 13.3. The Balaban J connectivity index is 2.03. The third-order valence-electron chi connectivity index (χ3n) is 3.57. The van der Waals surface area contributed by atoms with Crippen LogP contribution in [0.5, 0.6) is 0 Å². The second-order valence-corrected chi connectivity index (χ2v) is 6.43. The van der Waals surface area contributed by atoms with Crippen molar-refractivity contribution >= 4 is 40.1 Å². The topological polar surface area (TPSA) is 78.4 Å². The van der Waals surface area contributed by atoms with Gasteiger partial charge in [-0.15, -0.1) is 0 Å². The minimum absolute atomic E-state index is 0.0912. The molecule has 5 nitrogen and oxygen atoms in total. The van der Waals surface area contributed by atoms with Gasteiger partial charge in [-0.1, -0.05) is 19.1 Å². The number of hydrogen-bond acceptors (Lipinski definition) is 3. The summed E-state index contributed by atoms with van der Waals surface area (Å²) in [6, 6.07) is 13.7. The average Bonchev–Trinajstić information content (AvgIpc) is 2.60. The van der Waals surface area contributed by atoms with E-state index in [0.717, 1.165) is 3.57 Å². The summed E-state index contributed by atoms with van der Waals surface area (Å²) >= 11 is 2.12. The third-order valence-corrected chi connectivity index (χ3v) is 4.51. The molecule has 126 valence electrons. The van der Waals surface area contributed by atoms with Crippen molar-refractivity contribution in [1.29, 1.82) is 0 Å². The molecule has 0 heterocycles. The average molecular weight is 438 g/mol. The van der Waals surface area contributed by atoms with E-state index in [9.17, 15) is 9.59 Å². The number of halogens is 1. The highest BCUT2D eigenvalue weighted by Crippen LogP contribution is 2.15. The van der Waals surface area contributed by atoms with Crippen LogP contribution in [-0.4, -0.2) is 29.6 Å². The van der Waals surface area contributed by atoms with E-state index in [1.54, 1.807) is 30.3 Å². The highest BCUT2D eigenvalue weighted by molar-refractivity contribution is 14.1. The van der Waals surface area contributed by atoms with Gasteiger partial charge in [0, 0.05) is 14.8 Å². The first-order valence-electron chi connectivity index (χ1n) is 7.62. The van der Waals surface area contributed by atoms with Gasteiger partial charge in [0.25, 0.3) is 11.8 Å². The molecule has 0 aliphatic carbocycles. The Morgan fingerprint density at radius 2 is 1.75 bits per heavy atom. The molecule has 2 rings (SSSR count). The molecule has 3 N–H and O–H groups in total. The molecule has 0 aromatic heterocycles. The summed E-state index contributed by atoms with van der Waals surface area (Å²) in [5, 5.41) is 14.7. The number of rotatable bonds is 6. The molecule has 1 atom stereocenters. The van der Waals surface area contributed by atoms with Gasteiger partial charge in [-0.25, -0.2) is 0 Å². The van der Waals surface area contributed by atoms with Crippen molar-refractivity contribution in [2.45, 2.75) is 19.4 Å². The molecule has 0 spiro atoms. The number of carbonyl (C=O) groups excluding carboxylic acids is 2. The van der Waals surface area contributed by atoms with Gasteiger partial charge in [-0.3, -0.25) is 9.59 Å². The van der Waals surface area contributed by atoms with Crippen molar-refractivity contribution in [3.8, 4) is 0 Å². The number of benzene rings is 2. The fraction of sp³-hybridized carbons (Fsp3) is 0.222. The molecule has 0 saturated carbocycles. The summed E-state index contributed by atoms with van der Waals surface area (Å²) in [7, 11) is 0. The molecule has 0 aliphatic rings. The van der Waals surface area contributed by atoms with E-state index in [2.05, 4.69) is 33.2 Å². The van der Waals surface area contributed by atoms with E-state index in [1.807, 2.05) is 25.1 Å². The van der Waals surface area contributed by atoms with Crippen molar-refractivity contribution in [3.63, 3.8) is 0 Å². The molecule has 2 aromatic rings. The predicted molar refractivity (Wildman–Crippen MR) is 102 cm³/mol. The number of hydrogen-bond donors (Lipinski definition) is 3. The summed E-state index contributed by atoms with van der Waals surface area (Å²) in [5.41, 5.74) is 1.70. The molecule has 2 aromatic carbocycles. The highest BCUT2D eigenvalue weighted by Gasteiger charge is 2.12. The van der Waals surface area contributed by atoms with Gasteiger partial charge in [0.15, 0.2) is 0 Å². The maximum atomic E-state index is 12.3. The van der Waals surface area contributed by atoms with Crippen LogP contribution in [0, 0.1) is 3.57 Å². The second kappa shape index (κ2) is 8.79. The zero-order valence-corrected chi connectivity index (χ0v) is 15.4. The van der Waals surface area contributed by atoms with Crippen LogP contribution in [0.15, 0.2) is 48.5 Å².